The molecule has 2 aromatic rings. The van der Waals surface area contributed by atoms with E-state index in [1.807, 2.05) is 25.3 Å². The van der Waals surface area contributed by atoms with E-state index in [-0.39, 0.29) is 18.4 Å². The van der Waals surface area contributed by atoms with E-state index in [1.54, 1.807) is 16.9 Å². The summed E-state index contributed by atoms with van der Waals surface area (Å²) >= 11 is 6.26. The zero-order valence-corrected chi connectivity index (χ0v) is 14.3. The fourth-order valence-electron chi connectivity index (χ4n) is 2.63. The monoisotopic (exact) mass is 349 g/mol. The Labute approximate surface area is 145 Å². The van der Waals surface area contributed by atoms with E-state index >= 15 is 0 Å². The molecule has 1 aromatic carbocycles. The quantitative estimate of drug-likeness (QED) is 0.900. The van der Waals surface area contributed by atoms with Gasteiger partial charge in [-0.25, -0.2) is 0 Å². The molecule has 1 aliphatic rings. The van der Waals surface area contributed by atoms with Crippen LogP contribution in [0, 0.1) is 0 Å². The summed E-state index contributed by atoms with van der Waals surface area (Å²) < 4.78 is 13.0. The Morgan fingerprint density at radius 2 is 2.25 bits per heavy atom. The molecular formula is C17H20ClN3O3. The maximum absolute atomic E-state index is 12.2. The van der Waals surface area contributed by atoms with Crippen molar-refractivity contribution in [1.82, 2.24) is 15.1 Å². The number of nitrogens with zero attached hydrogens (tertiary/aromatic N) is 2. The van der Waals surface area contributed by atoms with Crippen molar-refractivity contribution in [2.24, 2.45) is 0 Å². The van der Waals surface area contributed by atoms with Crippen molar-refractivity contribution >= 4 is 17.5 Å². The third-order valence-corrected chi connectivity index (χ3v) is 3.93. The summed E-state index contributed by atoms with van der Waals surface area (Å²) in [6.07, 6.45) is 4.63. The molecule has 1 aliphatic heterocycles. The van der Waals surface area contributed by atoms with Crippen molar-refractivity contribution in [3.63, 3.8) is 0 Å². The first-order chi connectivity index (χ1) is 11.6. The lowest BCUT2D eigenvalue weighted by Crippen LogP contribution is -2.36. The summed E-state index contributed by atoms with van der Waals surface area (Å²) in [6, 6.07) is 5.42. The average molecular weight is 350 g/mol. The molecule has 0 saturated carbocycles. The number of halogens is 1. The summed E-state index contributed by atoms with van der Waals surface area (Å²) in [5.74, 6) is 1.10. The van der Waals surface area contributed by atoms with Crippen LogP contribution in [-0.2, 0) is 17.8 Å². The maximum atomic E-state index is 12.2. The van der Waals surface area contributed by atoms with Crippen LogP contribution in [0.5, 0.6) is 11.5 Å². The molecule has 1 atom stereocenters. The Balaban J connectivity index is 1.62. The predicted octanol–water partition coefficient (Wildman–Crippen LogP) is 2.45. The van der Waals surface area contributed by atoms with Crippen molar-refractivity contribution in [2.75, 3.05) is 13.2 Å². The van der Waals surface area contributed by atoms with Crippen LogP contribution < -0.4 is 14.8 Å². The fraction of sp³-hybridized carbons (Fsp3) is 0.412. The number of hydrogen-bond acceptors (Lipinski definition) is 4. The molecule has 0 aliphatic carbocycles. The van der Waals surface area contributed by atoms with Gasteiger partial charge in [-0.15, -0.1) is 0 Å². The number of hydrogen-bond donors (Lipinski definition) is 1. The number of carbonyl (C=O) groups is 1. The van der Waals surface area contributed by atoms with Crippen molar-refractivity contribution < 1.29 is 14.3 Å². The Morgan fingerprint density at radius 1 is 1.42 bits per heavy atom. The highest BCUT2D eigenvalue weighted by atomic mass is 35.5. The summed E-state index contributed by atoms with van der Waals surface area (Å²) in [5.41, 5.74) is 0.799. The number of aromatic nitrogens is 2. The molecule has 0 spiro atoms. The van der Waals surface area contributed by atoms with E-state index in [4.69, 9.17) is 21.1 Å². The Morgan fingerprint density at radius 3 is 3.04 bits per heavy atom. The Kier molecular flexibility index (Phi) is 5.25. The minimum atomic E-state index is -0.0692. The van der Waals surface area contributed by atoms with Gasteiger partial charge in [0.1, 0.15) is 0 Å². The van der Waals surface area contributed by atoms with Crippen LogP contribution in [0.4, 0.5) is 0 Å². The van der Waals surface area contributed by atoms with Crippen molar-refractivity contribution in [3.8, 4) is 11.5 Å². The molecule has 128 valence electrons. The van der Waals surface area contributed by atoms with Gasteiger partial charge in [0.2, 0.25) is 5.91 Å². The molecule has 1 amide bonds. The highest BCUT2D eigenvalue weighted by Gasteiger charge is 2.17. The van der Waals surface area contributed by atoms with Crippen molar-refractivity contribution in [3.05, 3.63) is 41.2 Å². The zero-order valence-electron chi connectivity index (χ0n) is 13.5. The zero-order chi connectivity index (χ0) is 16.9. The van der Waals surface area contributed by atoms with E-state index in [1.165, 1.54) is 0 Å². The predicted molar refractivity (Wildman–Crippen MR) is 90.6 cm³/mol. The van der Waals surface area contributed by atoms with Crippen LogP contribution in [-0.4, -0.2) is 34.9 Å². The van der Waals surface area contributed by atoms with Crippen LogP contribution in [0.1, 0.15) is 18.9 Å². The minimum Gasteiger partial charge on any atom is -0.489 e. The van der Waals surface area contributed by atoms with E-state index in [0.29, 0.717) is 36.3 Å². The van der Waals surface area contributed by atoms with Gasteiger partial charge >= 0.3 is 0 Å². The highest BCUT2D eigenvalue weighted by molar-refractivity contribution is 6.32. The van der Waals surface area contributed by atoms with E-state index in [9.17, 15) is 4.79 Å². The standard InChI is InChI=1S/C17H20ClN3O3/c1-12(11-21-5-2-4-19-21)20-16(22)10-13-8-14(18)17-15(9-13)23-6-3-7-24-17/h2,4-5,8-9,12H,3,6-7,10-11H2,1H3,(H,20,22). The number of ether oxygens (including phenoxy) is 2. The molecule has 2 heterocycles. The number of nitrogens with one attached hydrogen (secondary N) is 1. The van der Waals surface area contributed by atoms with Crippen LogP contribution in [0.25, 0.3) is 0 Å². The molecule has 0 fully saturated rings. The molecule has 0 radical (unpaired) electrons. The lowest BCUT2D eigenvalue weighted by Gasteiger charge is -2.15. The molecule has 24 heavy (non-hydrogen) atoms. The van der Waals surface area contributed by atoms with Crippen molar-refractivity contribution in [2.45, 2.75) is 32.4 Å². The molecule has 1 aromatic heterocycles. The number of fused-ring (bicyclic) bond motifs is 1. The van der Waals surface area contributed by atoms with Crippen LogP contribution >= 0.6 is 11.6 Å². The highest BCUT2D eigenvalue weighted by Crippen LogP contribution is 2.38. The first kappa shape index (κ1) is 16.6. The van der Waals surface area contributed by atoms with Gasteiger partial charge in [-0.3, -0.25) is 9.48 Å². The van der Waals surface area contributed by atoms with E-state index in [0.717, 1.165) is 12.0 Å². The molecule has 0 bridgehead atoms. The SMILES string of the molecule is CC(Cn1cccn1)NC(=O)Cc1cc(Cl)c2c(c1)OCCCO2. The number of benzene rings is 1. The van der Waals surface area contributed by atoms with Gasteiger partial charge in [-0.2, -0.15) is 5.10 Å². The summed E-state index contributed by atoms with van der Waals surface area (Å²) in [6.45, 7) is 3.73. The minimum absolute atomic E-state index is 0.0201. The molecular weight excluding hydrogens is 330 g/mol. The van der Waals surface area contributed by atoms with Gasteiger partial charge in [-0.1, -0.05) is 11.6 Å². The molecule has 6 nitrogen and oxygen atoms in total. The topological polar surface area (TPSA) is 65.4 Å². The molecule has 0 saturated heterocycles. The average Bonchev–Trinajstić information content (AvgIpc) is 2.90. The lowest BCUT2D eigenvalue weighted by atomic mass is 10.1. The third-order valence-electron chi connectivity index (χ3n) is 3.65. The van der Waals surface area contributed by atoms with Gasteiger partial charge < -0.3 is 14.8 Å². The van der Waals surface area contributed by atoms with Crippen LogP contribution in [0.3, 0.4) is 0 Å². The number of rotatable bonds is 5. The lowest BCUT2D eigenvalue weighted by molar-refractivity contribution is -0.121. The first-order valence-corrected chi connectivity index (χ1v) is 8.34. The molecule has 1 unspecified atom stereocenters. The second kappa shape index (κ2) is 7.57. The molecule has 1 N–H and O–H groups in total. The van der Waals surface area contributed by atoms with Gasteiger partial charge in [0, 0.05) is 24.9 Å². The van der Waals surface area contributed by atoms with Gasteiger partial charge in [0.15, 0.2) is 11.5 Å². The fourth-order valence-corrected chi connectivity index (χ4v) is 2.92. The number of carbonyl (C=O) groups excluding carboxylic acids is 1. The molecule has 3 rings (SSSR count). The van der Waals surface area contributed by atoms with Crippen LogP contribution in [0.15, 0.2) is 30.6 Å². The smallest absolute Gasteiger partial charge is 0.224 e. The first-order valence-electron chi connectivity index (χ1n) is 7.96. The maximum Gasteiger partial charge on any atom is 0.224 e. The Hall–Kier alpha value is -2.21. The summed E-state index contributed by atoms with van der Waals surface area (Å²) in [5, 5.41) is 7.57. The summed E-state index contributed by atoms with van der Waals surface area (Å²) in [4.78, 5) is 12.2. The second-order valence-electron chi connectivity index (χ2n) is 5.83. The normalized spacial score (nSPS) is 14.8. The number of amides is 1. The van der Waals surface area contributed by atoms with E-state index < -0.39 is 0 Å². The largest absolute Gasteiger partial charge is 0.489 e. The molecule has 7 heteroatoms. The van der Waals surface area contributed by atoms with Crippen LogP contribution in [0.2, 0.25) is 5.02 Å². The van der Waals surface area contributed by atoms with Crippen molar-refractivity contribution in [1.29, 1.82) is 0 Å². The van der Waals surface area contributed by atoms with E-state index in [2.05, 4.69) is 10.4 Å². The van der Waals surface area contributed by atoms with Gasteiger partial charge in [-0.05, 0) is 30.7 Å². The van der Waals surface area contributed by atoms with Gasteiger partial charge in [0.05, 0.1) is 31.2 Å². The third kappa shape index (κ3) is 4.20. The van der Waals surface area contributed by atoms with Gasteiger partial charge in [0.25, 0.3) is 0 Å². The second-order valence-corrected chi connectivity index (χ2v) is 6.24. The Bertz CT molecular complexity index is 703. The summed E-state index contributed by atoms with van der Waals surface area (Å²) in [7, 11) is 0.